The molecule has 1 rings (SSSR count). The third-order valence-electron chi connectivity index (χ3n) is 1.94. The lowest BCUT2D eigenvalue weighted by Crippen LogP contribution is -2.36. The fraction of sp³-hybridized carbons (Fsp3) is 0.300. The number of para-hydroxylation sites is 1. The second kappa shape index (κ2) is 5.53. The van der Waals surface area contributed by atoms with Gasteiger partial charge in [-0.25, -0.2) is 5.84 Å². The minimum atomic E-state index is -4.42. The van der Waals surface area contributed by atoms with Gasteiger partial charge < -0.3 is 5.32 Å². The maximum Gasteiger partial charge on any atom is 0.418 e. The summed E-state index contributed by atoms with van der Waals surface area (Å²) in [4.78, 5) is 3.86. The Bertz CT molecular complexity index is 401. The predicted molar refractivity (Wildman–Crippen MR) is 60.4 cm³/mol. The zero-order valence-electron chi connectivity index (χ0n) is 9.17. The minimum absolute atomic E-state index is 0.0872. The van der Waals surface area contributed by atoms with Crippen molar-refractivity contribution in [3.8, 4) is 0 Å². The zero-order valence-corrected chi connectivity index (χ0v) is 9.17. The van der Waals surface area contributed by atoms with Crippen LogP contribution in [-0.2, 0) is 6.18 Å². The smallest absolute Gasteiger partial charge is 0.325 e. The Morgan fingerprint density at radius 3 is 2.53 bits per heavy atom. The standard InChI is InChI=1S/C10H13F3N4/c1-2-15-9(17-14)16-8-6-4-3-5-7(8)10(11,12)13/h3-6H,2,14H2,1H3,(H2,15,16,17). The number of rotatable bonds is 2. The van der Waals surface area contributed by atoms with Crippen molar-refractivity contribution in [3.05, 3.63) is 29.8 Å². The fourth-order valence-electron chi connectivity index (χ4n) is 1.25. The number of halogens is 3. The van der Waals surface area contributed by atoms with Crippen molar-refractivity contribution in [2.45, 2.75) is 13.1 Å². The molecule has 0 unspecified atom stereocenters. The third kappa shape index (κ3) is 3.63. The largest absolute Gasteiger partial charge is 0.418 e. The van der Waals surface area contributed by atoms with E-state index in [9.17, 15) is 13.2 Å². The molecule has 0 bridgehead atoms. The Morgan fingerprint density at radius 2 is 2.00 bits per heavy atom. The SMILES string of the molecule is CCN=C(NN)Nc1ccccc1C(F)(F)F. The van der Waals surface area contributed by atoms with E-state index in [0.29, 0.717) is 6.54 Å². The van der Waals surface area contributed by atoms with Crippen LogP contribution in [0.3, 0.4) is 0 Å². The van der Waals surface area contributed by atoms with Crippen LogP contribution in [-0.4, -0.2) is 12.5 Å². The van der Waals surface area contributed by atoms with Crippen LogP contribution in [0.15, 0.2) is 29.3 Å². The molecule has 0 saturated carbocycles. The number of nitrogens with one attached hydrogen (secondary N) is 2. The van der Waals surface area contributed by atoms with Crippen LogP contribution in [0, 0.1) is 0 Å². The van der Waals surface area contributed by atoms with Gasteiger partial charge in [0.25, 0.3) is 0 Å². The Balaban J connectivity index is 3.02. The Morgan fingerprint density at radius 1 is 1.35 bits per heavy atom. The lowest BCUT2D eigenvalue weighted by molar-refractivity contribution is -0.136. The van der Waals surface area contributed by atoms with Crippen molar-refractivity contribution in [2.24, 2.45) is 10.8 Å². The molecule has 0 atom stereocenters. The molecule has 0 radical (unpaired) electrons. The maximum absolute atomic E-state index is 12.7. The molecule has 1 aromatic rings. The molecule has 1 aromatic carbocycles. The Kier molecular flexibility index (Phi) is 4.33. The highest BCUT2D eigenvalue weighted by Crippen LogP contribution is 2.34. The molecule has 0 heterocycles. The highest BCUT2D eigenvalue weighted by atomic mass is 19.4. The van der Waals surface area contributed by atoms with Crippen molar-refractivity contribution in [2.75, 3.05) is 11.9 Å². The first kappa shape index (κ1) is 13.3. The summed E-state index contributed by atoms with van der Waals surface area (Å²) in [5.74, 6) is 5.23. The van der Waals surface area contributed by atoms with Gasteiger partial charge in [-0.2, -0.15) is 13.2 Å². The summed E-state index contributed by atoms with van der Waals surface area (Å²) in [5, 5.41) is 2.50. The molecule has 0 saturated heterocycles. The summed E-state index contributed by atoms with van der Waals surface area (Å²) < 4.78 is 38.0. The van der Waals surface area contributed by atoms with Crippen LogP contribution in [0.2, 0.25) is 0 Å². The number of nitrogens with zero attached hydrogens (tertiary/aromatic N) is 1. The van der Waals surface area contributed by atoms with E-state index in [2.05, 4.69) is 15.7 Å². The van der Waals surface area contributed by atoms with Gasteiger partial charge in [0, 0.05) is 6.54 Å². The lowest BCUT2D eigenvalue weighted by Gasteiger charge is -2.15. The lowest BCUT2D eigenvalue weighted by atomic mass is 10.1. The second-order valence-corrected chi connectivity index (χ2v) is 3.14. The highest BCUT2D eigenvalue weighted by molar-refractivity contribution is 5.93. The van der Waals surface area contributed by atoms with Crippen molar-refractivity contribution >= 4 is 11.6 Å². The topological polar surface area (TPSA) is 62.4 Å². The molecule has 0 amide bonds. The van der Waals surface area contributed by atoms with Gasteiger partial charge in [0.1, 0.15) is 0 Å². The summed E-state index contributed by atoms with van der Waals surface area (Å²) in [6, 6.07) is 5.12. The van der Waals surface area contributed by atoms with Crippen LogP contribution >= 0.6 is 0 Å². The molecular formula is C10H13F3N4. The first-order valence-electron chi connectivity index (χ1n) is 4.93. The quantitative estimate of drug-likeness (QED) is 0.323. The third-order valence-corrected chi connectivity index (χ3v) is 1.94. The first-order valence-corrected chi connectivity index (χ1v) is 4.93. The Hall–Kier alpha value is -1.76. The number of hydrogen-bond donors (Lipinski definition) is 3. The summed E-state index contributed by atoms with van der Waals surface area (Å²) in [7, 11) is 0. The molecule has 0 fully saturated rings. The van der Waals surface area contributed by atoms with Crippen LogP contribution in [0.4, 0.5) is 18.9 Å². The van der Waals surface area contributed by atoms with Crippen molar-refractivity contribution in [1.82, 2.24) is 5.43 Å². The fourth-order valence-corrected chi connectivity index (χ4v) is 1.25. The highest BCUT2D eigenvalue weighted by Gasteiger charge is 2.33. The Labute approximate surface area is 96.7 Å². The van der Waals surface area contributed by atoms with Gasteiger partial charge in [-0.15, -0.1) is 0 Å². The summed E-state index contributed by atoms with van der Waals surface area (Å²) in [6.07, 6.45) is -4.42. The van der Waals surface area contributed by atoms with Gasteiger partial charge in [0.2, 0.25) is 5.96 Å². The van der Waals surface area contributed by atoms with Crippen molar-refractivity contribution in [3.63, 3.8) is 0 Å². The predicted octanol–water partition coefficient (Wildman–Crippen LogP) is 1.96. The van der Waals surface area contributed by atoms with Crippen LogP contribution in [0.5, 0.6) is 0 Å². The van der Waals surface area contributed by atoms with Gasteiger partial charge in [0.05, 0.1) is 11.3 Å². The average Bonchev–Trinajstić information content (AvgIpc) is 2.27. The number of benzene rings is 1. The van der Waals surface area contributed by atoms with Crippen LogP contribution in [0.25, 0.3) is 0 Å². The molecule has 7 heteroatoms. The van der Waals surface area contributed by atoms with Gasteiger partial charge in [-0.05, 0) is 19.1 Å². The van der Waals surface area contributed by atoms with Gasteiger partial charge >= 0.3 is 6.18 Å². The number of anilines is 1. The van der Waals surface area contributed by atoms with E-state index in [1.54, 1.807) is 6.92 Å². The van der Waals surface area contributed by atoms with E-state index in [0.717, 1.165) is 6.07 Å². The van der Waals surface area contributed by atoms with E-state index < -0.39 is 11.7 Å². The van der Waals surface area contributed by atoms with E-state index in [1.807, 2.05) is 0 Å². The maximum atomic E-state index is 12.7. The van der Waals surface area contributed by atoms with E-state index >= 15 is 0 Å². The van der Waals surface area contributed by atoms with Crippen molar-refractivity contribution < 1.29 is 13.2 Å². The average molecular weight is 246 g/mol. The summed E-state index contributed by atoms with van der Waals surface area (Å²) >= 11 is 0. The number of hydrazine groups is 1. The number of nitrogens with two attached hydrogens (primary N) is 1. The molecular weight excluding hydrogens is 233 g/mol. The van der Waals surface area contributed by atoms with Gasteiger partial charge in [-0.3, -0.25) is 10.4 Å². The summed E-state index contributed by atoms with van der Waals surface area (Å²) in [6.45, 7) is 2.15. The second-order valence-electron chi connectivity index (χ2n) is 3.14. The molecule has 0 aromatic heterocycles. The van der Waals surface area contributed by atoms with Gasteiger partial charge in [-0.1, -0.05) is 12.1 Å². The number of guanidine groups is 1. The van der Waals surface area contributed by atoms with E-state index in [4.69, 9.17) is 5.84 Å². The number of hydrogen-bond acceptors (Lipinski definition) is 2. The molecule has 0 aliphatic heterocycles. The molecule has 0 aliphatic rings. The molecule has 0 spiro atoms. The molecule has 4 N–H and O–H groups in total. The molecule has 4 nitrogen and oxygen atoms in total. The van der Waals surface area contributed by atoms with E-state index in [-0.39, 0.29) is 11.6 Å². The van der Waals surface area contributed by atoms with E-state index in [1.165, 1.54) is 18.2 Å². The van der Waals surface area contributed by atoms with Gasteiger partial charge in [0.15, 0.2) is 0 Å². The number of alkyl halides is 3. The molecule has 17 heavy (non-hydrogen) atoms. The summed E-state index contributed by atoms with van der Waals surface area (Å²) in [5.41, 5.74) is 1.34. The zero-order chi connectivity index (χ0) is 12.9. The normalized spacial score (nSPS) is 12.4. The molecule has 94 valence electrons. The minimum Gasteiger partial charge on any atom is -0.325 e. The van der Waals surface area contributed by atoms with Crippen molar-refractivity contribution in [1.29, 1.82) is 0 Å². The first-order chi connectivity index (χ1) is 7.99. The van der Waals surface area contributed by atoms with Crippen LogP contribution < -0.4 is 16.6 Å². The molecule has 0 aliphatic carbocycles. The monoisotopic (exact) mass is 246 g/mol. The number of aliphatic imine (C=N–C) groups is 1. The van der Waals surface area contributed by atoms with Crippen LogP contribution in [0.1, 0.15) is 12.5 Å².